The number of hydrogen-bond donors (Lipinski definition) is 1. The van der Waals surface area contributed by atoms with Crippen molar-refractivity contribution in [2.75, 3.05) is 0 Å². The topological polar surface area (TPSA) is 29.5 Å². The molecular weight excluding hydrogens is 296 g/mol. The van der Waals surface area contributed by atoms with Gasteiger partial charge in [0.25, 0.3) is 0 Å². The first-order valence-electron chi connectivity index (χ1n) is 8.25. The normalized spacial score (nSPS) is 12.8. The third-order valence-electron chi connectivity index (χ3n) is 4.60. The van der Waals surface area contributed by atoms with Crippen LogP contribution in [-0.4, -0.2) is 5.26 Å². The van der Waals surface area contributed by atoms with Crippen LogP contribution in [0.1, 0.15) is 36.0 Å². The average Bonchev–Trinajstić information content (AvgIpc) is 2.68. The minimum atomic E-state index is -0.891. The third-order valence-corrected chi connectivity index (χ3v) is 4.60. The Morgan fingerprint density at radius 1 is 0.750 bits per heavy atom. The lowest BCUT2D eigenvalue weighted by atomic mass is 9.78. The molecule has 0 amide bonds. The number of hydrogen-bond acceptors (Lipinski definition) is 2. The molecule has 2 nitrogen and oxygen atoms in total. The molecule has 0 saturated carbocycles. The van der Waals surface area contributed by atoms with Crippen LogP contribution in [0.25, 0.3) is 0 Å². The second-order valence-corrected chi connectivity index (χ2v) is 6.17. The van der Waals surface area contributed by atoms with Crippen LogP contribution in [0, 0.1) is 0 Å². The summed E-state index contributed by atoms with van der Waals surface area (Å²) in [6.45, 7) is 2.16. The highest BCUT2D eigenvalue weighted by Gasteiger charge is 2.38. The predicted molar refractivity (Wildman–Crippen MR) is 96.9 cm³/mol. The summed E-state index contributed by atoms with van der Waals surface area (Å²) < 4.78 is 0. The summed E-state index contributed by atoms with van der Waals surface area (Å²) >= 11 is 0. The van der Waals surface area contributed by atoms with Crippen molar-refractivity contribution >= 4 is 0 Å². The maximum absolute atomic E-state index is 9.98. The van der Waals surface area contributed by atoms with E-state index in [0.717, 1.165) is 11.1 Å². The molecule has 0 aliphatic carbocycles. The summed E-state index contributed by atoms with van der Waals surface area (Å²) in [5.74, 6) is 0.221. The van der Waals surface area contributed by atoms with Crippen LogP contribution in [-0.2, 0) is 10.5 Å². The molecule has 0 saturated heterocycles. The summed E-state index contributed by atoms with van der Waals surface area (Å²) in [7, 11) is 0. The molecular formula is C22H22O2. The average molecular weight is 318 g/mol. The van der Waals surface area contributed by atoms with Gasteiger partial charge < -0.3 is 0 Å². The Bertz CT molecular complexity index is 699. The monoisotopic (exact) mass is 318 g/mol. The maximum atomic E-state index is 9.98. The summed E-state index contributed by atoms with van der Waals surface area (Å²) in [5.41, 5.74) is 2.23. The lowest BCUT2D eigenvalue weighted by Crippen LogP contribution is -2.32. The fraction of sp³-hybridized carbons (Fsp3) is 0.182. The van der Waals surface area contributed by atoms with E-state index in [4.69, 9.17) is 4.89 Å². The van der Waals surface area contributed by atoms with Gasteiger partial charge in [0.2, 0.25) is 0 Å². The van der Waals surface area contributed by atoms with Crippen molar-refractivity contribution in [3.05, 3.63) is 108 Å². The van der Waals surface area contributed by atoms with E-state index >= 15 is 0 Å². The first kappa shape index (κ1) is 16.4. The van der Waals surface area contributed by atoms with Crippen molar-refractivity contribution in [1.29, 1.82) is 0 Å². The molecule has 0 fully saturated rings. The van der Waals surface area contributed by atoms with Gasteiger partial charge in [-0.25, -0.2) is 4.89 Å². The molecule has 122 valence electrons. The van der Waals surface area contributed by atoms with Crippen molar-refractivity contribution in [3.63, 3.8) is 0 Å². The second kappa shape index (κ2) is 7.43. The van der Waals surface area contributed by atoms with Crippen LogP contribution in [0.5, 0.6) is 0 Å². The maximum Gasteiger partial charge on any atom is 0.154 e. The minimum absolute atomic E-state index is 0.221. The van der Waals surface area contributed by atoms with E-state index in [2.05, 4.69) is 19.1 Å². The molecule has 0 aliphatic heterocycles. The molecule has 1 N–H and O–H groups in total. The van der Waals surface area contributed by atoms with Crippen molar-refractivity contribution in [2.45, 2.75) is 24.9 Å². The molecule has 3 aromatic rings. The first-order valence-corrected chi connectivity index (χ1v) is 8.25. The van der Waals surface area contributed by atoms with E-state index in [1.54, 1.807) is 0 Å². The Labute approximate surface area is 143 Å². The zero-order valence-corrected chi connectivity index (χ0v) is 13.8. The van der Waals surface area contributed by atoms with Crippen LogP contribution in [0.15, 0.2) is 91.0 Å². The highest BCUT2D eigenvalue weighted by atomic mass is 17.1. The molecule has 0 aromatic heterocycles. The van der Waals surface area contributed by atoms with E-state index in [0.29, 0.717) is 6.42 Å². The summed E-state index contributed by atoms with van der Waals surface area (Å²) in [5, 5.41) is 9.98. The predicted octanol–water partition coefficient (Wildman–Crippen LogP) is 5.61. The lowest BCUT2D eigenvalue weighted by Gasteiger charge is -2.34. The van der Waals surface area contributed by atoms with Gasteiger partial charge in [-0.05, 0) is 29.0 Å². The molecule has 24 heavy (non-hydrogen) atoms. The zero-order chi connectivity index (χ0) is 16.8. The molecule has 3 rings (SSSR count). The Morgan fingerprint density at radius 2 is 1.17 bits per heavy atom. The largest absolute Gasteiger partial charge is 0.251 e. The van der Waals surface area contributed by atoms with Gasteiger partial charge in [-0.2, -0.15) is 0 Å². The summed E-state index contributed by atoms with van der Waals surface area (Å²) in [6, 6.07) is 30.2. The Hall–Kier alpha value is -2.42. The molecule has 1 unspecified atom stereocenters. The zero-order valence-electron chi connectivity index (χ0n) is 13.8. The molecule has 0 aliphatic rings. The van der Waals surface area contributed by atoms with E-state index in [-0.39, 0.29) is 5.92 Å². The van der Waals surface area contributed by atoms with Gasteiger partial charge in [0, 0.05) is 0 Å². The first-order chi connectivity index (χ1) is 11.8. The van der Waals surface area contributed by atoms with E-state index in [1.807, 2.05) is 78.9 Å². The lowest BCUT2D eigenvalue weighted by molar-refractivity contribution is -0.318. The molecule has 1 atom stereocenters. The highest BCUT2D eigenvalue weighted by Crippen LogP contribution is 2.41. The standard InChI is InChI=1S/C22H22O2/c1-18(19-11-5-2-6-12-19)17-22(24-23,20-13-7-3-8-14-20)21-15-9-4-10-16-21/h2-16,18,23H,17H2,1H3. The molecule has 0 bridgehead atoms. The quantitative estimate of drug-likeness (QED) is 0.472. The van der Waals surface area contributed by atoms with E-state index < -0.39 is 5.60 Å². The Morgan fingerprint density at radius 3 is 1.58 bits per heavy atom. The molecule has 0 heterocycles. The minimum Gasteiger partial charge on any atom is -0.251 e. The Kier molecular flexibility index (Phi) is 5.09. The number of rotatable bonds is 6. The van der Waals surface area contributed by atoms with Gasteiger partial charge >= 0.3 is 0 Å². The third kappa shape index (κ3) is 3.25. The van der Waals surface area contributed by atoms with Gasteiger partial charge in [0.1, 0.15) is 0 Å². The van der Waals surface area contributed by atoms with Crippen molar-refractivity contribution < 1.29 is 10.1 Å². The van der Waals surface area contributed by atoms with Gasteiger partial charge in [-0.15, -0.1) is 0 Å². The van der Waals surface area contributed by atoms with Crippen molar-refractivity contribution in [2.24, 2.45) is 0 Å². The smallest absolute Gasteiger partial charge is 0.154 e. The summed E-state index contributed by atoms with van der Waals surface area (Å²) in [6.07, 6.45) is 0.640. The van der Waals surface area contributed by atoms with Gasteiger partial charge in [-0.3, -0.25) is 5.26 Å². The molecule has 0 radical (unpaired) electrons. The second-order valence-electron chi connectivity index (χ2n) is 6.17. The van der Waals surface area contributed by atoms with Gasteiger partial charge in [-0.1, -0.05) is 97.9 Å². The summed E-state index contributed by atoms with van der Waals surface area (Å²) in [4.78, 5) is 5.20. The van der Waals surface area contributed by atoms with E-state index in [1.165, 1.54) is 5.56 Å². The van der Waals surface area contributed by atoms with E-state index in [9.17, 15) is 5.26 Å². The van der Waals surface area contributed by atoms with Crippen LogP contribution in [0.4, 0.5) is 0 Å². The SMILES string of the molecule is CC(CC(OO)(c1ccccc1)c1ccccc1)c1ccccc1. The van der Waals surface area contributed by atoms with Crippen LogP contribution >= 0.6 is 0 Å². The van der Waals surface area contributed by atoms with Crippen molar-refractivity contribution in [3.8, 4) is 0 Å². The molecule has 3 aromatic carbocycles. The van der Waals surface area contributed by atoms with Crippen LogP contribution in [0.2, 0.25) is 0 Å². The fourth-order valence-electron chi connectivity index (χ4n) is 3.29. The fourth-order valence-corrected chi connectivity index (χ4v) is 3.29. The molecule has 0 spiro atoms. The van der Waals surface area contributed by atoms with Gasteiger partial charge in [0.05, 0.1) is 0 Å². The number of benzene rings is 3. The van der Waals surface area contributed by atoms with Crippen LogP contribution in [0.3, 0.4) is 0 Å². The Balaban J connectivity index is 2.05. The molecule has 2 heteroatoms. The highest BCUT2D eigenvalue weighted by molar-refractivity contribution is 5.37. The van der Waals surface area contributed by atoms with Gasteiger partial charge in [0.15, 0.2) is 5.60 Å². The van der Waals surface area contributed by atoms with Crippen LogP contribution < -0.4 is 0 Å². The van der Waals surface area contributed by atoms with Crippen molar-refractivity contribution in [1.82, 2.24) is 0 Å².